The Labute approximate surface area is 193 Å². The molecule has 1 amide bonds. The lowest BCUT2D eigenvalue weighted by Crippen LogP contribution is -2.26. The van der Waals surface area contributed by atoms with E-state index in [1.165, 1.54) is 6.21 Å². The quantitative estimate of drug-likeness (QED) is 0.350. The van der Waals surface area contributed by atoms with E-state index in [9.17, 15) is 4.79 Å². The van der Waals surface area contributed by atoms with Crippen LogP contribution < -0.4 is 19.5 Å². The van der Waals surface area contributed by atoms with Gasteiger partial charge in [-0.2, -0.15) is 0 Å². The van der Waals surface area contributed by atoms with E-state index in [-0.39, 0.29) is 5.91 Å². The molecule has 0 heterocycles. The van der Waals surface area contributed by atoms with Crippen molar-refractivity contribution in [2.24, 2.45) is 5.16 Å². The second-order valence-corrected chi connectivity index (χ2v) is 7.36. The van der Waals surface area contributed by atoms with Crippen LogP contribution in [0.2, 0.25) is 0 Å². The van der Waals surface area contributed by atoms with Gasteiger partial charge in [0.2, 0.25) is 6.10 Å². The van der Waals surface area contributed by atoms with Crippen LogP contribution in [0.5, 0.6) is 17.2 Å². The van der Waals surface area contributed by atoms with E-state index >= 15 is 0 Å². The molecular weight excluding hydrogens is 420 g/mol. The third-order valence-corrected chi connectivity index (χ3v) is 4.83. The number of methoxy groups -OCH3 is 2. The summed E-state index contributed by atoms with van der Waals surface area (Å²) in [4.78, 5) is 17.8. The fourth-order valence-corrected chi connectivity index (χ4v) is 3.00. The van der Waals surface area contributed by atoms with Crippen molar-refractivity contribution in [2.75, 3.05) is 19.5 Å². The highest BCUT2D eigenvalue weighted by molar-refractivity contribution is 5.95. The van der Waals surface area contributed by atoms with E-state index in [4.69, 9.17) is 19.0 Å². The maximum Gasteiger partial charge on any atom is 0.268 e. The predicted octanol–water partition coefficient (Wildman–Crippen LogP) is 4.97. The Balaban J connectivity index is 1.57. The first kappa shape index (κ1) is 23.7. The van der Waals surface area contributed by atoms with Crippen LogP contribution in [-0.2, 0) is 16.2 Å². The Morgan fingerprint density at radius 2 is 1.70 bits per heavy atom. The molecule has 0 aliphatic carbocycles. The number of nitrogens with zero attached hydrogens (tertiary/aromatic N) is 1. The highest BCUT2D eigenvalue weighted by atomic mass is 16.6. The van der Waals surface area contributed by atoms with Crippen LogP contribution in [0.1, 0.15) is 23.6 Å². The zero-order valence-corrected chi connectivity index (χ0v) is 19.2. The summed E-state index contributed by atoms with van der Waals surface area (Å²) in [5.41, 5.74) is 3.39. The molecule has 1 atom stereocenters. The van der Waals surface area contributed by atoms with Crippen molar-refractivity contribution < 1.29 is 23.8 Å². The summed E-state index contributed by atoms with van der Waals surface area (Å²) in [5, 5.41) is 6.75. The number of oxime groups is 1. The first-order chi connectivity index (χ1) is 16.0. The Hall–Kier alpha value is -4.00. The molecule has 0 saturated carbocycles. The first-order valence-corrected chi connectivity index (χ1v) is 10.5. The molecule has 0 aliphatic heterocycles. The van der Waals surface area contributed by atoms with Gasteiger partial charge in [0.05, 0.1) is 26.1 Å². The summed E-state index contributed by atoms with van der Waals surface area (Å²) in [7, 11) is 3.13. The zero-order chi connectivity index (χ0) is 23.6. The number of aryl methyl sites for hydroxylation is 1. The van der Waals surface area contributed by atoms with Crippen molar-refractivity contribution in [3.63, 3.8) is 0 Å². The molecule has 0 radical (unpaired) electrons. The van der Waals surface area contributed by atoms with E-state index in [1.54, 1.807) is 33.3 Å². The summed E-state index contributed by atoms with van der Waals surface area (Å²) in [6.07, 6.45) is 0.711. The minimum atomic E-state index is -0.804. The topological polar surface area (TPSA) is 78.4 Å². The van der Waals surface area contributed by atoms with Crippen LogP contribution in [0.25, 0.3) is 0 Å². The summed E-state index contributed by atoms with van der Waals surface area (Å²) >= 11 is 0. The molecule has 0 spiro atoms. The smallest absolute Gasteiger partial charge is 0.268 e. The highest BCUT2D eigenvalue weighted by Gasteiger charge is 2.16. The molecule has 33 heavy (non-hydrogen) atoms. The fourth-order valence-electron chi connectivity index (χ4n) is 3.00. The van der Waals surface area contributed by atoms with E-state index in [1.807, 2.05) is 61.5 Å². The van der Waals surface area contributed by atoms with Gasteiger partial charge >= 0.3 is 0 Å². The molecule has 7 heteroatoms. The van der Waals surface area contributed by atoms with E-state index in [0.717, 1.165) is 16.7 Å². The lowest BCUT2D eigenvalue weighted by molar-refractivity contribution is -0.126. The lowest BCUT2D eigenvalue weighted by Gasteiger charge is -2.14. The van der Waals surface area contributed by atoms with Crippen LogP contribution in [0.4, 0.5) is 5.69 Å². The van der Waals surface area contributed by atoms with Gasteiger partial charge in [-0.15, -0.1) is 0 Å². The molecular formula is C26H28N2O5. The molecule has 3 rings (SSSR count). The summed E-state index contributed by atoms with van der Waals surface area (Å²) < 4.78 is 16.6. The number of nitrogens with one attached hydrogen (secondary N) is 1. The van der Waals surface area contributed by atoms with Gasteiger partial charge in [-0.3, -0.25) is 4.79 Å². The van der Waals surface area contributed by atoms with Crippen LogP contribution >= 0.6 is 0 Å². The van der Waals surface area contributed by atoms with Gasteiger partial charge < -0.3 is 24.4 Å². The van der Waals surface area contributed by atoms with Crippen LogP contribution in [0.15, 0.2) is 71.9 Å². The van der Waals surface area contributed by atoms with Gasteiger partial charge in [0.1, 0.15) is 12.4 Å². The zero-order valence-electron chi connectivity index (χ0n) is 19.2. The molecule has 7 nitrogen and oxygen atoms in total. The standard InChI is InChI=1S/C26H28N2O5/c1-18-10-12-23(30-3)22(14-18)28-26(29)19(2)33-27-16-21-11-13-24(25(15-21)31-4)32-17-20-8-6-5-7-9-20/h5-16,19H,17H2,1-4H3,(H,28,29)/b27-16+. The molecule has 1 N–H and O–H groups in total. The van der Waals surface area contributed by atoms with E-state index in [0.29, 0.717) is 29.5 Å². The van der Waals surface area contributed by atoms with Gasteiger partial charge in [0.15, 0.2) is 11.5 Å². The third-order valence-electron chi connectivity index (χ3n) is 4.83. The van der Waals surface area contributed by atoms with E-state index < -0.39 is 6.10 Å². The monoisotopic (exact) mass is 448 g/mol. The highest BCUT2D eigenvalue weighted by Crippen LogP contribution is 2.28. The van der Waals surface area contributed by atoms with Crippen molar-refractivity contribution in [1.29, 1.82) is 0 Å². The molecule has 0 bridgehead atoms. The van der Waals surface area contributed by atoms with Crippen molar-refractivity contribution in [2.45, 2.75) is 26.6 Å². The SMILES string of the molecule is COc1ccc(C)cc1NC(=O)C(C)O/N=C/c1ccc(OCc2ccccc2)c(OC)c1. The first-order valence-electron chi connectivity index (χ1n) is 10.5. The van der Waals surface area contributed by atoms with Crippen LogP contribution in [0, 0.1) is 6.92 Å². The summed E-state index contributed by atoms with van der Waals surface area (Å²) in [6, 6.07) is 20.9. The average molecular weight is 449 g/mol. The molecule has 0 saturated heterocycles. The van der Waals surface area contributed by atoms with Gasteiger partial charge in [-0.05, 0) is 55.3 Å². The summed E-state index contributed by atoms with van der Waals surface area (Å²) in [5.74, 6) is 1.44. The van der Waals surface area contributed by atoms with Crippen molar-refractivity contribution in [3.8, 4) is 17.2 Å². The number of ether oxygens (including phenoxy) is 3. The third kappa shape index (κ3) is 6.74. The number of carbonyl (C=O) groups excluding carboxylic acids is 1. The fraction of sp³-hybridized carbons (Fsp3) is 0.231. The second-order valence-electron chi connectivity index (χ2n) is 7.36. The predicted molar refractivity (Wildman–Crippen MR) is 128 cm³/mol. The van der Waals surface area contributed by atoms with Crippen LogP contribution in [-0.4, -0.2) is 32.4 Å². The lowest BCUT2D eigenvalue weighted by atomic mass is 10.2. The van der Waals surface area contributed by atoms with Crippen molar-refractivity contribution >= 4 is 17.8 Å². The maximum absolute atomic E-state index is 12.5. The molecule has 1 unspecified atom stereocenters. The van der Waals surface area contributed by atoms with Crippen molar-refractivity contribution in [3.05, 3.63) is 83.4 Å². The largest absolute Gasteiger partial charge is 0.495 e. The number of amides is 1. The molecule has 0 aromatic heterocycles. The molecule has 172 valence electrons. The number of rotatable bonds is 10. The number of hydrogen-bond donors (Lipinski definition) is 1. The average Bonchev–Trinajstić information content (AvgIpc) is 2.83. The number of benzene rings is 3. The number of anilines is 1. The van der Waals surface area contributed by atoms with Gasteiger partial charge in [0.25, 0.3) is 5.91 Å². The van der Waals surface area contributed by atoms with Crippen LogP contribution in [0.3, 0.4) is 0 Å². The van der Waals surface area contributed by atoms with Gasteiger partial charge in [-0.1, -0.05) is 41.6 Å². The molecule has 3 aromatic carbocycles. The van der Waals surface area contributed by atoms with E-state index in [2.05, 4.69) is 10.5 Å². The Kier molecular flexibility index (Phi) is 8.30. The van der Waals surface area contributed by atoms with Gasteiger partial charge in [0, 0.05) is 5.56 Å². The minimum absolute atomic E-state index is 0.335. The Morgan fingerprint density at radius 3 is 2.42 bits per heavy atom. The molecule has 0 aliphatic rings. The van der Waals surface area contributed by atoms with Crippen molar-refractivity contribution in [1.82, 2.24) is 0 Å². The van der Waals surface area contributed by atoms with Gasteiger partial charge in [-0.25, -0.2) is 0 Å². The molecule has 0 fully saturated rings. The summed E-state index contributed by atoms with van der Waals surface area (Å²) in [6.45, 7) is 3.99. The normalized spacial score (nSPS) is 11.6. The molecule has 3 aromatic rings. The number of hydrogen-bond acceptors (Lipinski definition) is 6. The number of carbonyl (C=O) groups is 1. The Bertz CT molecular complexity index is 1100. The Morgan fingerprint density at radius 1 is 0.970 bits per heavy atom. The second kappa shape index (κ2) is 11.6. The maximum atomic E-state index is 12.5. The minimum Gasteiger partial charge on any atom is -0.495 e.